The molecule has 0 aromatic rings. The zero-order valence-corrected chi connectivity index (χ0v) is 14.4. The van der Waals surface area contributed by atoms with E-state index in [0.717, 1.165) is 29.6 Å². The van der Waals surface area contributed by atoms with Crippen molar-refractivity contribution in [3.05, 3.63) is 0 Å². The van der Waals surface area contributed by atoms with Gasteiger partial charge >= 0.3 is 0 Å². The third-order valence-electron chi connectivity index (χ3n) is 8.70. The monoisotopic (exact) mass is 288 g/mol. The van der Waals surface area contributed by atoms with E-state index in [1.165, 1.54) is 38.0 Å². The van der Waals surface area contributed by atoms with Crippen LogP contribution in [0.3, 0.4) is 0 Å². The van der Waals surface area contributed by atoms with Crippen LogP contribution in [0.2, 0.25) is 0 Å². The van der Waals surface area contributed by atoms with Crippen LogP contribution in [0.25, 0.3) is 0 Å². The maximum atomic E-state index is 2.64. The Bertz CT molecular complexity index is 364. The zero-order chi connectivity index (χ0) is 14.4. The molecule has 120 valence electrons. The summed E-state index contributed by atoms with van der Waals surface area (Å²) in [5, 5.41) is 0. The van der Waals surface area contributed by atoms with Crippen molar-refractivity contribution in [2.24, 2.45) is 40.9 Å². The Balaban J connectivity index is 1.48. The van der Waals surface area contributed by atoms with Crippen LogP contribution in [0.4, 0.5) is 0 Å². The van der Waals surface area contributed by atoms with E-state index >= 15 is 0 Å². The Hall–Kier alpha value is 0. The molecule has 0 radical (unpaired) electrons. The maximum Gasteiger partial charge on any atom is -0.0298 e. The predicted molar refractivity (Wildman–Crippen MR) is 90.1 cm³/mol. The van der Waals surface area contributed by atoms with Crippen molar-refractivity contribution in [1.29, 1.82) is 0 Å². The van der Waals surface area contributed by atoms with Gasteiger partial charge in [0.05, 0.1) is 0 Å². The van der Waals surface area contributed by atoms with Gasteiger partial charge in [0.25, 0.3) is 0 Å². The highest BCUT2D eigenvalue weighted by atomic mass is 14.5. The van der Waals surface area contributed by atoms with E-state index in [1.54, 1.807) is 44.9 Å². The van der Waals surface area contributed by atoms with Gasteiger partial charge in [0.2, 0.25) is 0 Å². The van der Waals surface area contributed by atoms with E-state index in [1.807, 2.05) is 0 Å². The van der Waals surface area contributed by atoms with Crippen molar-refractivity contribution < 1.29 is 0 Å². The van der Waals surface area contributed by atoms with Crippen LogP contribution in [-0.4, -0.2) is 0 Å². The lowest BCUT2D eigenvalue weighted by Gasteiger charge is -2.50. The SMILES string of the molecule is CC(C1CC2CCCC3CCC(C1)C32)C1(C)CCCCC1. The van der Waals surface area contributed by atoms with E-state index in [9.17, 15) is 0 Å². The van der Waals surface area contributed by atoms with Crippen molar-refractivity contribution in [2.45, 2.75) is 90.9 Å². The molecular formula is C21H36. The van der Waals surface area contributed by atoms with Crippen LogP contribution in [0.5, 0.6) is 0 Å². The molecule has 4 aliphatic rings. The van der Waals surface area contributed by atoms with Gasteiger partial charge in [-0.05, 0) is 79.4 Å². The molecule has 0 N–H and O–H groups in total. The van der Waals surface area contributed by atoms with Crippen LogP contribution in [0.15, 0.2) is 0 Å². The summed E-state index contributed by atoms with van der Waals surface area (Å²) in [7, 11) is 0. The molecule has 0 heterocycles. The second-order valence-corrected chi connectivity index (χ2v) is 9.60. The molecule has 6 unspecified atom stereocenters. The topological polar surface area (TPSA) is 0 Å². The Morgan fingerprint density at radius 2 is 1.38 bits per heavy atom. The van der Waals surface area contributed by atoms with Crippen molar-refractivity contribution in [2.75, 3.05) is 0 Å². The molecule has 0 heteroatoms. The third-order valence-corrected chi connectivity index (χ3v) is 8.70. The summed E-state index contributed by atoms with van der Waals surface area (Å²) in [6, 6.07) is 0. The van der Waals surface area contributed by atoms with Gasteiger partial charge in [0, 0.05) is 0 Å². The lowest BCUT2D eigenvalue weighted by atomic mass is 9.55. The van der Waals surface area contributed by atoms with Gasteiger partial charge in [0.15, 0.2) is 0 Å². The molecule has 4 aliphatic carbocycles. The lowest BCUT2D eigenvalue weighted by molar-refractivity contribution is -0.00128. The molecule has 4 rings (SSSR count). The molecule has 0 bridgehead atoms. The molecule has 0 amide bonds. The average Bonchev–Trinajstić information content (AvgIpc) is 2.92. The zero-order valence-electron chi connectivity index (χ0n) is 14.4. The fourth-order valence-corrected chi connectivity index (χ4v) is 7.36. The van der Waals surface area contributed by atoms with Crippen LogP contribution in [0, 0.1) is 40.9 Å². The molecule has 0 saturated heterocycles. The summed E-state index contributed by atoms with van der Waals surface area (Å²) in [6.45, 7) is 5.28. The Kier molecular flexibility index (Phi) is 3.87. The normalized spacial score (nSPS) is 46.9. The van der Waals surface area contributed by atoms with Crippen LogP contribution < -0.4 is 0 Å². The van der Waals surface area contributed by atoms with Gasteiger partial charge in [0.1, 0.15) is 0 Å². The molecule has 0 nitrogen and oxygen atoms in total. The van der Waals surface area contributed by atoms with Crippen LogP contribution in [-0.2, 0) is 0 Å². The predicted octanol–water partition coefficient (Wildman–Crippen LogP) is 6.45. The summed E-state index contributed by atoms with van der Waals surface area (Å²) < 4.78 is 0. The average molecular weight is 289 g/mol. The minimum Gasteiger partial charge on any atom is -0.0617 e. The second-order valence-electron chi connectivity index (χ2n) is 9.60. The Morgan fingerprint density at radius 3 is 2.14 bits per heavy atom. The van der Waals surface area contributed by atoms with Gasteiger partial charge in [-0.25, -0.2) is 0 Å². The summed E-state index contributed by atoms with van der Waals surface area (Å²) in [5.74, 6) is 6.63. The van der Waals surface area contributed by atoms with E-state index in [-0.39, 0.29) is 0 Å². The van der Waals surface area contributed by atoms with Crippen molar-refractivity contribution in [3.63, 3.8) is 0 Å². The van der Waals surface area contributed by atoms with E-state index in [0.29, 0.717) is 5.41 Å². The molecule has 4 saturated carbocycles. The Morgan fingerprint density at radius 1 is 0.762 bits per heavy atom. The van der Waals surface area contributed by atoms with E-state index < -0.39 is 0 Å². The highest BCUT2D eigenvalue weighted by Gasteiger charge is 2.49. The third kappa shape index (κ3) is 2.49. The minimum absolute atomic E-state index is 0.683. The molecule has 6 atom stereocenters. The highest BCUT2D eigenvalue weighted by molar-refractivity contribution is 4.99. The van der Waals surface area contributed by atoms with E-state index in [2.05, 4.69) is 13.8 Å². The molecule has 0 aromatic heterocycles. The molecule has 0 aliphatic heterocycles. The second kappa shape index (κ2) is 5.57. The first kappa shape index (κ1) is 14.6. The lowest BCUT2D eigenvalue weighted by Crippen LogP contribution is -2.41. The standard InChI is InChI=1S/C21H36/c1-15(21(2)11-4-3-5-12-21)19-13-17-8-6-7-16-9-10-18(14-19)20(16)17/h15-20H,3-14H2,1-2H3. The maximum absolute atomic E-state index is 2.64. The van der Waals surface area contributed by atoms with Gasteiger partial charge in [-0.2, -0.15) is 0 Å². The number of hydrogen-bond donors (Lipinski definition) is 0. The van der Waals surface area contributed by atoms with Crippen molar-refractivity contribution >= 4 is 0 Å². The van der Waals surface area contributed by atoms with Gasteiger partial charge in [-0.15, -0.1) is 0 Å². The minimum atomic E-state index is 0.683. The molecule has 0 aromatic carbocycles. The quantitative estimate of drug-likeness (QED) is 0.548. The van der Waals surface area contributed by atoms with Crippen molar-refractivity contribution in [3.8, 4) is 0 Å². The number of hydrogen-bond acceptors (Lipinski definition) is 0. The van der Waals surface area contributed by atoms with E-state index in [4.69, 9.17) is 0 Å². The van der Waals surface area contributed by atoms with Crippen LogP contribution >= 0.6 is 0 Å². The summed E-state index contributed by atoms with van der Waals surface area (Å²) in [4.78, 5) is 0. The number of rotatable bonds is 2. The fourth-order valence-electron chi connectivity index (χ4n) is 7.36. The summed E-state index contributed by atoms with van der Waals surface area (Å²) in [5.41, 5.74) is 0.683. The smallest absolute Gasteiger partial charge is 0.0298 e. The Labute approximate surface area is 132 Å². The van der Waals surface area contributed by atoms with Crippen molar-refractivity contribution in [1.82, 2.24) is 0 Å². The summed E-state index contributed by atoms with van der Waals surface area (Å²) in [6.07, 6.45) is 18.7. The summed E-state index contributed by atoms with van der Waals surface area (Å²) >= 11 is 0. The molecule has 0 spiro atoms. The van der Waals surface area contributed by atoms with Gasteiger partial charge in [-0.3, -0.25) is 0 Å². The van der Waals surface area contributed by atoms with Gasteiger partial charge < -0.3 is 0 Å². The molecule has 21 heavy (non-hydrogen) atoms. The first-order valence-corrected chi connectivity index (χ1v) is 10.2. The first-order chi connectivity index (χ1) is 10.2. The molecular weight excluding hydrogens is 252 g/mol. The van der Waals surface area contributed by atoms with Gasteiger partial charge in [-0.1, -0.05) is 52.4 Å². The fraction of sp³-hybridized carbons (Fsp3) is 1.00. The molecule has 4 fully saturated rings. The largest absolute Gasteiger partial charge is 0.0617 e. The highest BCUT2D eigenvalue weighted by Crippen LogP contribution is 2.59. The van der Waals surface area contributed by atoms with Crippen LogP contribution in [0.1, 0.15) is 90.9 Å². The first-order valence-electron chi connectivity index (χ1n) is 10.2.